The number of ketones is 1. The number of methoxy groups -OCH3 is 1. The molecule has 2 aliphatic rings. The second-order valence-electron chi connectivity index (χ2n) is 9.83. The summed E-state index contributed by atoms with van der Waals surface area (Å²) in [6.07, 6.45) is 1.07. The molecule has 1 unspecified atom stereocenters. The van der Waals surface area contributed by atoms with Crippen molar-refractivity contribution in [3.8, 4) is 5.75 Å². The zero-order valence-electron chi connectivity index (χ0n) is 20.1. The monoisotopic (exact) mass is 525 g/mol. The number of nitrogens with zero attached hydrogens (tertiary/aromatic N) is 1. The lowest BCUT2D eigenvalue weighted by molar-refractivity contribution is -0.118. The van der Waals surface area contributed by atoms with E-state index >= 15 is 0 Å². The van der Waals surface area contributed by atoms with Gasteiger partial charge in [-0.15, -0.1) is 0 Å². The molecule has 1 aliphatic carbocycles. The largest absolute Gasteiger partial charge is 0.497 e. The Balaban J connectivity index is 1.58. The van der Waals surface area contributed by atoms with Crippen molar-refractivity contribution in [2.75, 3.05) is 12.4 Å². The van der Waals surface area contributed by atoms with Crippen LogP contribution in [0.15, 0.2) is 63.7 Å². The molecule has 6 nitrogen and oxygen atoms in total. The average Bonchev–Trinajstić information content (AvgIpc) is 2.81. The Bertz CT molecular complexity index is 1470. The summed E-state index contributed by atoms with van der Waals surface area (Å²) in [6, 6.07) is 11.7. The Morgan fingerprint density at radius 2 is 2.00 bits per heavy atom. The van der Waals surface area contributed by atoms with Gasteiger partial charge < -0.3 is 15.0 Å². The van der Waals surface area contributed by atoms with Crippen molar-refractivity contribution in [3.05, 3.63) is 91.6 Å². The zero-order chi connectivity index (χ0) is 25.6. The van der Waals surface area contributed by atoms with Gasteiger partial charge in [-0.25, -0.2) is 9.37 Å². The van der Waals surface area contributed by atoms with Crippen LogP contribution in [0.4, 0.5) is 10.2 Å². The second kappa shape index (κ2) is 9.41. The number of nitrogens with one attached hydrogen (secondary N) is 2. The SMILES string of the molecule is COc1cccc(C2C3=C(CC(C)(C)CC3=O)Nc3nc(SCc4ccc(F)cc4Cl)[nH]c(=O)c32)c1. The first-order valence-corrected chi connectivity index (χ1v) is 12.9. The second-order valence-corrected chi connectivity index (χ2v) is 11.2. The molecule has 9 heteroatoms. The number of halogens is 2. The van der Waals surface area contributed by atoms with Crippen LogP contribution in [0.25, 0.3) is 0 Å². The number of aromatic amines is 1. The number of ether oxygens (including phenoxy) is 1. The van der Waals surface area contributed by atoms with E-state index in [-0.39, 0.29) is 16.8 Å². The summed E-state index contributed by atoms with van der Waals surface area (Å²) in [5, 5.41) is 4.04. The molecular weight excluding hydrogens is 501 g/mol. The van der Waals surface area contributed by atoms with E-state index in [0.717, 1.165) is 16.8 Å². The summed E-state index contributed by atoms with van der Waals surface area (Å²) in [4.78, 5) is 34.4. The highest BCUT2D eigenvalue weighted by atomic mass is 35.5. The first-order chi connectivity index (χ1) is 17.1. The number of benzene rings is 2. The topological polar surface area (TPSA) is 84.1 Å². The lowest BCUT2D eigenvalue weighted by atomic mass is 9.69. The lowest BCUT2D eigenvalue weighted by Gasteiger charge is -2.38. The maximum atomic E-state index is 13.5. The minimum absolute atomic E-state index is 0.0241. The first-order valence-electron chi connectivity index (χ1n) is 11.5. The van der Waals surface area contributed by atoms with Crippen molar-refractivity contribution in [1.29, 1.82) is 0 Å². The van der Waals surface area contributed by atoms with E-state index < -0.39 is 11.7 Å². The lowest BCUT2D eigenvalue weighted by Crippen LogP contribution is -2.37. The fraction of sp³-hybridized carbons (Fsp3) is 0.296. The van der Waals surface area contributed by atoms with E-state index in [4.69, 9.17) is 21.3 Å². The van der Waals surface area contributed by atoms with Crippen LogP contribution in [0.3, 0.4) is 0 Å². The van der Waals surface area contributed by atoms with E-state index in [0.29, 0.717) is 51.5 Å². The van der Waals surface area contributed by atoms with Crippen LogP contribution in [-0.2, 0) is 10.5 Å². The molecule has 1 aromatic heterocycles. The fourth-order valence-electron chi connectivity index (χ4n) is 4.90. The van der Waals surface area contributed by atoms with E-state index in [1.165, 1.54) is 23.9 Å². The number of aromatic nitrogens is 2. The molecule has 1 atom stereocenters. The van der Waals surface area contributed by atoms with Gasteiger partial charge in [0.1, 0.15) is 17.4 Å². The summed E-state index contributed by atoms with van der Waals surface area (Å²) in [5.74, 6) is 0.540. The molecule has 0 bridgehead atoms. The number of carbonyl (C=O) groups excluding carboxylic acids is 1. The summed E-state index contributed by atoms with van der Waals surface area (Å²) < 4.78 is 18.8. The third kappa shape index (κ3) is 4.67. The quantitative estimate of drug-likeness (QED) is 0.311. The van der Waals surface area contributed by atoms with E-state index in [2.05, 4.69) is 24.1 Å². The van der Waals surface area contributed by atoms with Crippen LogP contribution in [0.1, 0.15) is 49.3 Å². The molecule has 0 spiro atoms. The highest BCUT2D eigenvalue weighted by Gasteiger charge is 2.42. The molecule has 0 amide bonds. The molecule has 0 radical (unpaired) electrons. The predicted molar refractivity (Wildman–Crippen MR) is 139 cm³/mol. The molecular formula is C27H25ClFN3O3S. The van der Waals surface area contributed by atoms with Gasteiger partial charge in [-0.1, -0.05) is 55.4 Å². The third-order valence-corrected chi connectivity index (χ3v) is 7.78. The Morgan fingerprint density at radius 3 is 2.75 bits per heavy atom. The summed E-state index contributed by atoms with van der Waals surface area (Å²) in [6.45, 7) is 4.12. The first kappa shape index (κ1) is 24.6. The van der Waals surface area contributed by atoms with Crippen LogP contribution in [0.2, 0.25) is 5.02 Å². The molecule has 0 fully saturated rings. The van der Waals surface area contributed by atoms with E-state index in [9.17, 15) is 14.0 Å². The minimum atomic E-state index is -0.559. The van der Waals surface area contributed by atoms with Gasteiger partial charge in [0.15, 0.2) is 10.9 Å². The number of allylic oxidation sites excluding steroid dienone is 2. The number of hydrogen-bond acceptors (Lipinski definition) is 6. The van der Waals surface area contributed by atoms with Gasteiger partial charge in [-0.05, 0) is 47.2 Å². The maximum absolute atomic E-state index is 13.5. The highest BCUT2D eigenvalue weighted by molar-refractivity contribution is 7.98. The van der Waals surface area contributed by atoms with Crippen LogP contribution >= 0.6 is 23.4 Å². The Morgan fingerprint density at radius 1 is 1.19 bits per heavy atom. The number of carbonyl (C=O) groups is 1. The Kier molecular flexibility index (Phi) is 6.43. The van der Waals surface area contributed by atoms with Gasteiger partial charge in [0.2, 0.25) is 0 Å². The van der Waals surface area contributed by atoms with Crippen LogP contribution in [0.5, 0.6) is 5.75 Å². The molecule has 0 saturated carbocycles. The predicted octanol–water partition coefficient (Wildman–Crippen LogP) is 6.06. The van der Waals surface area contributed by atoms with Crippen molar-refractivity contribution in [3.63, 3.8) is 0 Å². The number of Topliss-reactive ketones (excluding diaryl/α,β-unsaturated/α-hetero) is 1. The van der Waals surface area contributed by atoms with Crippen LogP contribution < -0.4 is 15.6 Å². The molecule has 2 N–H and O–H groups in total. The summed E-state index contributed by atoms with van der Waals surface area (Å²) in [7, 11) is 1.58. The molecule has 2 aromatic carbocycles. The minimum Gasteiger partial charge on any atom is -0.497 e. The fourth-order valence-corrected chi connectivity index (χ4v) is 6.08. The normalized spacial score (nSPS) is 18.4. The Hall–Kier alpha value is -3.10. The third-order valence-electron chi connectivity index (χ3n) is 6.51. The molecule has 2 heterocycles. The van der Waals surface area contributed by atoms with Crippen LogP contribution in [0, 0.1) is 11.2 Å². The van der Waals surface area contributed by atoms with Crippen molar-refractivity contribution >= 4 is 35.0 Å². The van der Waals surface area contributed by atoms with Gasteiger partial charge in [0.25, 0.3) is 5.56 Å². The molecule has 0 saturated heterocycles. The molecule has 36 heavy (non-hydrogen) atoms. The molecule has 3 aromatic rings. The van der Waals surface area contributed by atoms with E-state index in [1.807, 2.05) is 24.3 Å². The van der Waals surface area contributed by atoms with Crippen molar-refractivity contribution < 1.29 is 13.9 Å². The number of H-pyrrole nitrogens is 1. The number of thioether (sulfide) groups is 1. The average molecular weight is 526 g/mol. The van der Waals surface area contributed by atoms with Gasteiger partial charge in [-0.3, -0.25) is 9.59 Å². The van der Waals surface area contributed by atoms with Crippen molar-refractivity contribution in [2.24, 2.45) is 5.41 Å². The number of rotatable bonds is 5. The molecule has 1 aliphatic heterocycles. The van der Waals surface area contributed by atoms with Gasteiger partial charge in [0, 0.05) is 34.4 Å². The van der Waals surface area contributed by atoms with Gasteiger partial charge in [0.05, 0.1) is 12.7 Å². The summed E-state index contributed by atoms with van der Waals surface area (Å²) >= 11 is 7.46. The zero-order valence-corrected chi connectivity index (χ0v) is 21.6. The van der Waals surface area contributed by atoms with Crippen LogP contribution in [-0.4, -0.2) is 22.9 Å². The van der Waals surface area contributed by atoms with Gasteiger partial charge in [-0.2, -0.15) is 0 Å². The maximum Gasteiger partial charge on any atom is 0.257 e. The number of fused-ring (bicyclic) bond motifs is 1. The molecule has 5 rings (SSSR count). The standard InChI is InChI=1S/C27H25ClFN3O3S/c1-27(2)11-19-22(20(33)12-27)21(14-5-4-6-17(9-14)35-3)23-24(30-19)31-26(32-25(23)34)36-13-15-7-8-16(29)10-18(15)28/h4-10,21H,11-13H2,1-3H3,(H2,30,31,32,34). The van der Waals surface area contributed by atoms with Crippen molar-refractivity contribution in [2.45, 2.75) is 43.5 Å². The molecule has 186 valence electrons. The highest BCUT2D eigenvalue weighted by Crippen LogP contribution is 2.48. The number of hydrogen-bond donors (Lipinski definition) is 2. The smallest absolute Gasteiger partial charge is 0.257 e. The Labute approximate surface area is 217 Å². The summed E-state index contributed by atoms with van der Waals surface area (Å²) in [5.41, 5.74) is 2.81. The van der Waals surface area contributed by atoms with Crippen molar-refractivity contribution in [1.82, 2.24) is 9.97 Å². The van der Waals surface area contributed by atoms with Gasteiger partial charge >= 0.3 is 0 Å². The van der Waals surface area contributed by atoms with E-state index in [1.54, 1.807) is 13.2 Å². The number of anilines is 1.